The number of halogens is 5. The first-order valence-corrected chi connectivity index (χ1v) is 12.7. The summed E-state index contributed by atoms with van der Waals surface area (Å²) in [4.78, 5) is 12.0. The van der Waals surface area contributed by atoms with Gasteiger partial charge in [-0.1, -0.05) is 17.7 Å². The summed E-state index contributed by atoms with van der Waals surface area (Å²) in [6.45, 7) is 1.08. The molecule has 1 saturated heterocycles. The fourth-order valence-electron chi connectivity index (χ4n) is 3.19. The molecule has 2 atom stereocenters. The van der Waals surface area contributed by atoms with Gasteiger partial charge in [-0.05, 0) is 25.5 Å². The maximum absolute atomic E-state index is 14.2. The molecule has 1 aliphatic rings. The van der Waals surface area contributed by atoms with Gasteiger partial charge in [0.1, 0.15) is 6.04 Å². The number of benzene rings is 2. The van der Waals surface area contributed by atoms with Crippen LogP contribution in [0.5, 0.6) is 0 Å². The summed E-state index contributed by atoms with van der Waals surface area (Å²) in [6, 6.07) is 3.67. The van der Waals surface area contributed by atoms with Crippen LogP contribution in [-0.4, -0.2) is 44.9 Å². The Labute approximate surface area is 196 Å². The Morgan fingerprint density at radius 2 is 1.44 bits per heavy atom. The third-order valence-corrected chi connectivity index (χ3v) is 8.45. The van der Waals surface area contributed by atoms with Crippen LogP contribution in [-0.2, 0) is 24.8 Å². The molecular weight excluding hydrogens is 529 g/mol. The highest BCUT2D eigenvalue weighted by molar-refractivity contribution is 7.89. The second-order valence-corrected chi connectivity index (χ2v) is 11.5. The summed E-state index contributed by atoms with van der Waals surface area (Å²) in [5, 5.41) is -0.875. The molecule has 1 amide bonds. The zero-order chi connectivity index (χ0) is 25.6. The highest BCUT2D eigenvalue weighted by Gasteiger charge is 2.46. The molecule has 0 radical (unpaired) electrons. The van der Waals surface area contributed by atoms with Crippen molar-refractivity contribution in [1.29, 1.82) is 0 Å². The van der Waals surface area contributed by atoms with Crippen LogP contribution in [0.25, 0.3) is 0 Å². The highest BCUT2D eigenvalue weighted by atomic mass is 32.2. The van der Waals surface area contributed by atoms with E-state index in [-0.39, 0.29) is 15.6 Å². The number of nitrogens with one attached hydrogen (secondary N) is 2. The van der Waals surface area contributed by atoms with Crippen LogP contribution in [0.15, 0.2) is 34.1 Å². The molecule has 0 aromatic heterocycles. The van der Waals surface area contributed by atoms with Crippen LogP contribution in [0, 0.1) is 36.0 Å². The lowest BCUT2D eigenvalue weighted by Crippen LogP contribution is -2.51. The fourth-order valence-corrected chi connectivity index (χ4v) is 6.29. The molecule has 8 nitrogen and oxygen atoms in total. The summed E-state index contributed by atoms with van der Waals surface area (Å²) >= 11 is 4.03. The van der Waals surface area contributed by atoms with E-state index < -0.39 is 77.8 Å². The lowest BCUT2D eigenvalue weighted by Gasteiger charge is -2.24. The molecule has 0 aliphatic carbocycles. The zero-order valence-corrected chi connectivity index (χ0v) is 19.5. The summed E-state index contributed by atoms with van der Waals surface area (Å²) in [7, 11) is -9.73. The Kier molecular flexibility index (Phi) is 7.29. The van der Waals surface area contributed by atoms with Crippen molar-refractivity contribution in [3.05, 3.63) is 58.9 Å². The molecule has 2 N–H and O–H groups in total. The molecule has 1 heterocycles. The molecule has 34 heavy (non-hydrogen) atoms. The van der Waals surface area contributed by atoms with Gasteiger partial charge in [0, 0.05) is 11.8 Å². The van der Waals surface area contributed by atoms with Crippen molar-refractivity contribution in [3.8, 4) is 0 Å². The standard InChI is InChI=1S/C18H16F5N3O5S3/c1-8-2-4-10(5-3-8)33(28,29)25-24-18(27)11-6-9(32)7-26(11)34(30,31)17-15(22)13(20)12(19)14(21)16(17)23/h2-5,9,11,25,32H,6-7H2,1H3,(H,24,27)/t9-,11+/m1/s1. The predicted molar refractivity (Wildman–Crippen MR) is 111 cm³/mol. The highest BCUT2D eigenvalue weighted by Crippen LogP contribution is 2.33. The lowest BCUT2D eigenvalue weighted by atomic mass is 10.2. The molecule has 1 fully saturated rings. The first kappa shape index (κ1) is 26.3. The number of aryl methyl sites for hydroxylation is 1. The van der Waals surface area contributed by atoms with Gasteiger partial charge in [-0.25, -0.2) is 38.8 Å². The van der Waals surface area contributed by atoms with Crippen LogP contribution in [0.2, 0.25) is 0 Å². The molecule has 0 spiro atoms. The van der Waals surface area contributed by atoms with Crippen molar-refractivity contribution in [2.75, 3.05) is 6.54 Å². The summed E-state index contributed by atoms with van der Waals surface area (Å²) < 4.78 is 119. The number of amides is 1. The van der Waals surface area contributed by atoms with Gasteiger partial charge in [-0.2, -0.15) is 16.9 Å². The molecule has 0 saturated carbocycles. The molecule has 1 aliphatic heterocycles. The van der Waals surface area contributed by atoms with Gasteiger partial charge in [0.25, 0.3) is 15.9 Å². The van der Waals surface area contributed by atoms with E-state index in [1.54, 1.807) is 17.2 Å². The topological polar surface area (TPSA) is 113 Å². The minimum atomic E-state index is -5.45. The fraction of sp³-hybridized carbons (Fsp3) is 0.278. The van der Waals surface area contributed by atoms with Gasteiger partial charge < -0.3 is 0 Å². The number of nitrogens with zero attached hydrogens (tertiary/aromatic N) is 1. The lowest BCUT2D eigenvalue weighted by molar-refractivity contribution is -0.124. The van der Waals surface area contributed by atoms with Gasteiger partial charge in [-0.15, -0.1) is 4.83 Å². The summed E-state index contributed by atoms with van der Waals surface area (Å²) in [5.74, 6) is -14.0. The van der Waals surface area contributed by atoms with Gasteiger partial charge in [0.15, 0.2) is 28.2 Å². The van der Waals surface area contributed by atoms with Crippen molar-refractivity contribution >= 4 is 38.6 Å². The Morgan fingerprint density at radius 1 is 0.941 bits per heavy atom. The number of sulfonamides is 2. The molecular formula is C18H16F5N3O5S3. The Bertz CT molecular complexity index is 1330. The van der Waals surface area contributed by atoms with Crippen molar-refractivity contribution in [3.63, 3.8) is 0 Å². The number of hydrogen-bond donors (Lipinski definition) is 3. The zero-order valence-electron chi connectivity index (χ0n) is 17.0. The minimum Gasteiger partial charge on any atom is -0.276 e. The van der Waals surface area contributed by atoms with E-state index in [2.05, 4.69) is 12.6 Å². The van der Waals surface area contributed by atoms with E-state index in [9.17, 15) is 43.6 Å². The normalized spacial score (nSPS) is 19.4. The van der Waals surface area contributed by atoms with Crippen molar-refractivity contribution in [2.45, 2.75) is 34.4 Å². The van der Waals surface area contributed by atoms with E-state index in [1.807, 2.05) is 0 Å². The number of carbonyl (C=O) groups is 1. The average molecular weight is 546 g/mol. The van der Waals surface area contributed by atoms with E-state index in [0.29, 0.717) is 0 Å². The molecule has 3 rings (SSSR count). The Balaban J connectivity index is 1.90. The first-order valence-electron chi connectivity index (χ1n) is 9.28. The third-order valence-electron chi connectivity index (χ3n) is 4.91. The van der Waals surface area contributed by atoms with Crippen molar-refractivity contribution in [1.82, 2.24) is 14.6 Å². The monoisotopic (exact) mass is 545 g/mol. The van der Waals surface area contributed by atoms with Crippen LogP contribution < -0.4 is 10.3 Å². The van der Waals surface area contributed by atoms with Crippen LogP contribution >= 0.6 is 12.6 Å². The quantitative estimate of drug-likeness (QED) is 0.168. The smallest absolute Gasteiger partial charge is 0.257 e. The van der Waals surface area contributed by atoms with E-state index in [1.165, 1.54) is 24.3 Å². The van der Waals surface area contributed by atoms with Gasteiger partial charge in [-0.3, -0.25) is 10.2 Å². The maximum Gasteiger partial charge on any atom is 0.257 e. The van der Waals surface area contributed by atoms with E-state index in [0.717, 1.165) is 5.56 Å². The molecule has 2 aromatic carbocycles. The van der Waals surface area contributed by atoms with Gasteiger partial charge in [0.2, 0.25) is 15.8 Å². The third kappa shape index (κ3) is 4.77. The minimum absolute atomic E-state index is 0.193. The average Bonchev–Trinajstić information content (AvgIpc) is 3.18. The SMILES string of the molecule is Cc1ccc(S(=O)(=O)NNC(=O)[C@@H]2C[C@@H](S)CN2S(=O)(=O)c2c(F)c(F)c(F)c(F)c2F)cc1. The van der Waals surface area contributed by atoms with E-state index in [4.69, 9.17) is 0 Å². The Morgan fingerprint density at radius 3 is 1.97 bits per heavy atom. The van der Waals surface area contributed by atoms with Crippen molar-refractivity contribution < 1.29 is 43.6 Å². The maximum atomic E-state index is 14.2. The Hall–Kier alpha value is -2.27. The number of carbonyl (C=O) groups excluding carboxylic acids is 1. The number of hydrogen-bond acceptors (Lipinski definition) is 6. The number of hydrazine groups is 1. The largest absolute Gasteiger partial charge is 0.276 e. The molecule has 0 unspecified atom stereocenters. The summed E-state index contributed by atoms with van der Waals surface area (Å²) in [6.07, 6.45) is -0.351. The number of thiol groups is 1. The van der Waals surface area contributed by atoms with Crippen LogP contribution in [0.4, 0.5) is 22.0 Å². The van der Waals surface area contributed by atoms with Crippen LogP contribution in [0.3, 0.4) is 0 Å². The second kappa shape index (κ2) is 9.41. The second-order valence-electron chi connectivity index (χ2n) is 7.29. The summed E-state index contributed by atoms with van der Waals surface area (Å²) in [5.41, 5.74) is 2.55. The molecule has 0 bridgehead atoms. The first-order chi connectivity index (χ1) is 15.7. The molecule has 16 heteroatoms. The predicted octanol–water partition coefficient (Wildman–Crippen LogP) is 1.76. The van der Waals surface area contributed by atoms with Crippen LogP contribution in [0.1, 0.15) is 12.0 Å². The van der Waals surface area contributed by atoms with Gasteiger partial charge in [0.05, 0.1) is 4.90 Å². The van der Waals surface area contributed by atoms with E-state index >= 15 is 0 Å². The molecule has 2 aromatic rings. The van der Waals surface area contributed by atoms with Crippen molar-refractivity contribution in [2.24, 2.45) is 0 Å². The van der Waals surface area contributed by atoms with Gasteiger partial charge >= 0.3 is 0 Å². The molecule has 186 valence electrons. The number of rotatable bonds is 6.